The van der Waals surface area contributed by atoms with Crippen molar-refractivity contribution in [3.05, 3.63) is 69.3 Å². The number of amides is 1. The van der Waals surface area contributed by atoms with Gasteiger partial charge in [-0.3, -0.25) is 14.9 Å². The Morgan fingerprint density at radius 1 is 1.25 bits per heavy atom. The van der Waals surface area contributed by atoms with E-state index in [1.165, 1.54) is 24.7 Å². The van der Waals surface area contributed by atoms with Crippen LogP contribution in [0.25, 0.3) is 0 Å². The van der Waals surface area contributed by atoms with Crippen LogP contribution in [-0.2, 0) is 4.74 Å². The Hall–Kier alpha value is -2.93. The van der Waals surface area contributed by atoms with E-state index >= 15 is 0 Å². The van der Waals surface area contributed by atoms with Gasteiger partial charge in [0, 0.05) is 43.9 Å². The van der Waals surface area contributed by atoms with Crippen LogP contribution in [0.15, 0.2) is 42.5 Å². The summed E-state index contributed by atoms with van der Waals surface area (Å²) in [4.78, 5) is 22.7. The summed E-state index contributed by atoms with van der Waals surface area (Å²) in [5.74, 6) is -0.120. The minimum absolute atomic E-state index is 0.0108. The number of non-ortho nitro benzene ring substituents is 1. The lowest BCUT2D eigenvalue weighted by atomic mass is 9.89. The fourth-order valence-electron chi connectivity index (χ4n) is 3.54. The summed E-state index contributed by atoms with van der Waals surface area (Å²) >= 11 is 0. The van der Waals surface area contributed by atoms with Crippen molar-refractivity contribution >= 4 is 17.3 Å². The molecule has 1 heterocycles. The number of hydrogen-bond donors (Lipinski definition) is 2. The van der Waals surface area contributed by atoms with Crippen LogP contribution in [0.2, 0.25) is 0 Å². The summed E-state index contributed by atoms with van der Waals surface area (Å²) in [7, 11) is 1.51. The summed E-state index contributed by atoms with van der Waals surface area (Å²) in [6.45, 7) is 3.40. The zero-order chi connectivity index (χ0) is 20.1. The van der Waals surface area contributed by atoms with Crippen LogP contribution in [0.5, 0.6) is 0 Å². The Bertz CT molecular complexity index is 851. The van der Waals surface area contributed by atoms with Gasteiger partial charge in [-0.05, 0) is 31.4 Å². The highest BCUT2D eigenvalue weighted by molar-refractivity contribution is 6.00. The van der Waals surface area contributed by atoms with Crippen LogP contribution in [-0.4, -0.2) is 31.0 Å². The second kappa shape index (κ2) is 8.84. The first-order valence-corrected chi connectivity index (χ1v) is 9.42. The maximum Gasteiger partial charge on any atom is 0.270 e. The van der Waals surface area contributed by atoms with Crippen molar-refractivity contribution in [3.8, 4) is 0 Å². The van der Waals surface area contributed by atoms with Gasteiger partial charge in [-0.25, -0.2) is 0 Å². The normalized spacial score (nSPS) is 19.1. The summed E-state index contributed by atoms with van der Waals surface area (Å²) < 4.78 is 6.05. The third kappa shape index (κ3) is 4.48. The Balaban J connectivity index is 1.78. The number of nitrogens with one attached hydrogen (secondary N) is 2. The molecule has 148 valence electrons. The maximum absolute atomic E-state index is 12.2. The van der Waals surface area contributed by atoms with Gasteiger partial charge in [0.05, 0.1) is 16.6 Å². The minimum Gasteiger partial charge on any atom is -0.384 e. The van der Waals surface area contributed by atoms with Gasteiger partial charge in [0.1, 0.15) is 0 Å². The predicted octanol–water partition coefficient (Wildman–Crippen LogP) is 3.84. The number of rotatable bonds is 6. The smallest absolute Gasteiger partial charge is 0.270 e. The molecular weight excluding hydrogens is 358 g/mol. The molecule has 0 aliphatic carbocycles. The van der Waals surface area contributed by atoms with Gasteiger partial charge < -0.3 is 15.4 Å². The van der Waals surface area contributed by atoms with Crippen LogP contribution in [0.1, 0.15) is 40.4 Å². The van der Waals surface area contributed by atoms with Gasteiger partial charge >= 0.3 is 0 Å². The number of carbonyl (C=O) groups excluding carboxylic acids is 1. The average molecular weight is 383 g/mol. The average Bonchev–Trinajstić information content (AvgIpc) is 2.72. The Morgan fingerprint density at radius 3 is 2.68 bits per heavy atom. The molecule has 1 saturated heterocycles. The lowest BCUT2D eigenvalue weighted by Crippen LogP contribution is -2.29. The molecule has 0 spiro atoms. The molecule has 1 amide bonds. The van der Waals surface area contributed by atoms with Crippen LogP contribution >= 0.6 is 0 Å². The van der Waals surface area contributed by atoms with Crippen molar-refractivity contribution in [1.82, 2.24) is 5.32 Å². The number of aryl methyl sites for hydroxylation is 1. The Morgan fingerprint density at radius 2 is 2.00 bits per heavy atom. The molecule has 1 aliphatic rings. The van der Waals surface area contributed by atoms with Gasteiger partial charge in [0.15, 0.2) is 0 Å². The van der Waals surface area contributed by atoms with E-state index < -0.39 is 4.92 Å². The number of ether oxygens (including phenoxy) is 1. The van der Waals surface area contributed by atoms with Gasteiger partial charge in [-0.2, -0.15) is 0 Å². The molecule has 2 atom stereocenters. The van der Waals surface area contributed by atoms with E-state index in [0.29, 0.717) is 12.2 Å². The zero-order valence-electron chi connectivity index (χ0n) is 16.1. The number of nitrogens with zero attached hydrogens (tertiary/aromatic N) is 1. The summed E-state index contributed by atoms with van der Waals surface area (Å²) in [6, 6.07) is 12.7. The third-order valence-electron chi connectivity index (χ3n) is 5.09. The molecule has 2 aromatic carbocycles. The first-order chi connectivity index (χ1) is 13.5. The topological polar surface area (TPSA) is 93.5 Å². The molecule has 0 radical (unpaired) electrons. The van der Waals surface area contributed by atoms with Gasteiger partial charge in [0.25, 0.3) is 11.6 Å². The second-order valence-corrected chi connectivity index (χ2v) is 7.05. The summed E-state index contributed by atoms with van der Waals surface area (Å²) in [6.07, 6.45) is 1.98. The number of benzene rings is 2. The predicted molar refractivity (Wildman–Crippen MR) is 108 cm³/mol. The van der Waals surface area contributed by atoms with Crippen molar-refractivity contribution in [3.63, 3.8) is 0 Å². The van der Waals surface area contributed by atoms with Crippen molar-refractivity contribution in [1.29, 1.82) is 0 Å². The zero-order valence-corrected chi connectivity index (χ0v) is 16.1. The number of nitro groups is 1. The molecule has 3 rings (SSSR count). The molecule has 28 heavy (non-hydrogen) atoms. The molecule has 2 unspecified atom stereocenters. The van der Waals surface area contributed by atoms with E-state index in [0.717, 1.165) is 25.0 Å². The SMILES string of the molecule is CNC(=O)c1cc([N+](=O)[O-])ccc1NCC1CCCOC1c1ccc(C)cc1. The van der Waals surface area contributed by atoms with Crippen LogP contribution < -0.4 is 10.6 Å². The molecule has 1 aliphatic heterocycles. The lowest BCUT2D eigenvalue weighted by molar-refractivity contribution is -0.384. The van der Waals surface area contributed by atoms with Crippen molar-refractivity contribution < 1.29 is 14.5 Å². The number of anilines is 1. The van der Waals surface area contributed by atoms with Crippen molar-refractivity contribution in [2.75, 3.05) is 25.5 Å². The van der Waals surface area contributed by atoms with Gasteiger partial charge in [-0.15, -0.1) is 0 Å². The Kier molecular flexibility index (Phi) is 6.26. The molecule has 0 aromatic heterocycles. The van der Waals surface area contributed by atoms with E-state index in [2.05, 4.69) is 41.8 Å². The van der Waals surface area contributed by atoms with Crippen molar-refractivity contribution in [2.45, 2.75) is 25.9 Å². The first kappa shape index (κ1) is 19.8. The van der Waals surface area contributed by atoms with Gasteiger partial charge in [-0.1, -0.05) is 29.8 Å². The monoisotopic (exact) mass is 383 g/mol. The fraction of sp³-hybridized carbons (Fsp3) is 0.381. The molecular formula is C21H25N3O4. The van der Waals surface area contributed by atoms with Crippen LogP contribution in [0.4, 0.5) is 11.4 Å². The van der Waals surface area contributed by atoms with Gasteiger partial charge in [0.2, 0.25) is 0 Å². The largest absolute Gasteiger partial charge is 0.384 e. The molecule has 0 saturated carbocycles. The molecule has 2 N–H and O–H groups in total. The Labute approximate surface area is 164 Å². The quantitative estimate of drug-likeness (QED) is 0.584. The summed E-state index contributed by atoms with van der Waals surface area (Å²) in [5.41, 5.74) is 3.09. The molecule has 7 nitrogen and oxygen atoms in total. The van der Waals surface area contributed by atoms with E-state index in [1.54, 1.807) is 6.07 Å². The second-order valence-electron chi connectivity index (χ2n) is 7.05. The highest BCUT2D eigenvalue weighted by Crippen LogP contribution is 2.34. The van der Waals surface area contributed by atoms with E-state index in [1.807, 2.05) is 0 Å². The molecule has 0 bridgehead atoms. The standard InChI is InChI=1S/C21H25N3O4/c1-14-5-7-15(8-6-14)20-16(4-3-11-28-20)13-23-19-10-9-17(24(26)27)12-18(19)21(25)22-2/h5-10,12,16,20,23H,3-4,11,13H2,1-2H3,(H,22,25). The van der Waals surface area contributed by atoms with E-state index in [9.17, 15) is 14.9 Å². The first-order valence-electron chi connectivity index (χ1n) is 9.42. The highest BCUT2D eigenvalue weighted by atomic mass is 16.6. The fourth-order valence-corrected chi connectivity index (χ4v) is 3.54. The molecule has 7 heteroatoms. The van der Waals surface area contributed by atoms with Crippen molar-refractivity contribution in [2.24, 2.45) is 5.92 Å². The summed E-state index contributed by atoms with van der Waals surface area (Å²) in [5, 5.41) is 16.9. The lowest BCUT2D eigenvalue weighted by Gasteiger charge is -2.32. The molecule has 2 aromatic rings. The number of nitro benzene ring substituents is 1. The highest BCUT2D eigenvalue weighted by Gasteiger charge is 2.28. The van der Waals surface area contributed by atoms with Crippen LogP contribution in [0.3, 0.4) is 0 Å². The maximum atomic E-state index is 12.2. The third-order valence-corrected chi connectivity index (χ3v) is 5.09. The number of hydrogen-bond acceptors (Lipinski definition) is 5. The van der Waals surface area contributed by atoms with Crippen LogP contribution in [0, 0.1) is 23.0 Å². The van der Waals surface area contributed by atoms with E-state index in [4.69, 9.17) is 4.74 Å². The minimum atomic E-state index is -0.501. The van der Waals surface area contributed by atoms with E-state index in [-0.39, 0.29) is 29.2 Å². The molecule has 1 fully saturated rings. The number of carbonyl (C=O) groups is 1.